The molecular weight excluding hydrogens is 555 g/mol. The number of carbonyl (C=O) groups is 1. The molecular formula is C28H22ClF5N4O2. The Kier molecular flexibility index (Phi) is 7.86. The maximum atomic E-state index is 14.0. The zero-order valence-electron chi connectivity index (χ0n) is 20.8. The summed E-state index contributed by atoms with van der Waals surface area (Å²) in [6.07, 6.45) is -3.20. The Balaban J connectivity index is 1.49. The second-order valence-corrected chi connectivity index (χ2v) is 9.71. The topological polar surface area (TPSA) is 69.0 Å². The molecule has 0 fully saturated rings. The number of alkyl halides is 3. The minimum absolute atomic E-state index is 0.00749. The van der Waals surface area contributed by atoms with Gasteiger partial charge >= 0.3 is 6.18 Å². The molecule has 3 heterocycles. The number of aromatic nitrogens is 3. The summed E-state index contributed by atoms with van der Waals surface area (Å²) in [5, 5.41) is 6.99. The summed E-state index contributed by atoms with van der Waals surface area (Å²) in [6.45, 7) is -0.523. The normalized spacial score (nSPS) is 14.1. The maximum Gasteiger partial charge on any atom is 0.435 e. The molecule has 1 aliphatic rings. The molecule has 2 aromatic heterocycles. The number of amides is 1. The fourth-order valence-corrected chi connectivity index (χ4v) is 4.91. The molecule has 0 saturated carbocycles. The molecule has 5 rings (SSSR count). The summed E-state index contributed by atoms with van der Waals surface area (Å²) in [5.74, 6) is -2.25. The van der Waals surface area contributed by atoms with Gasteiger partial charge < -0.3 is 10.1 Å². The number of nitrogens with zero attached hydrogens (tertiary/aromatic N) is 3. The first-order valence-electron chi connectivity index (χ1n) is 12.3. The van der Waals surface area contributed by atoms with Crippen LogP contribution in [0, 0.1) is 11.6 Å². The number of hydrogen-bond acceptors (Lipinski definition) is 4. The Hall–Kier alpha value is -3.83. The van der Waals surface area contributed by atoms with E-state index in [2.05, 4.69) is 15.4 Å². The van der Waals surface area contributed by atoms with Crippen LogP contribution in [0.5, 0.6) is 0 Å². The summed E-state index contributed by atoms with van der Waals surface area (Å²) in [6, 6.07) is 12.5. The molecule has 208 valence electrons. The molecule has 0 unspecified atom stereocenters. The second kappa shape index (κ2) is 11.3. The third kappa shape index (κ3) is 6.15. The molecule has 0 saturated heterocycles. The van der Waals surface area contributed by atoms with Crippen LogP contribution in [-0.4, -0.2) is 27.3 Å². The molecule has 1 aliphatic heterocycles. The fraction of sp³-hybridized carbons (Fsp3) is 0.250. The molecule has 4 aromatic rings. The predicted octanol–water partition coefficient (Wildman–Crippen LogP) is 6.07. The summed E-state index contributed by atoms with van der Waals surface area (Å²) in [7, 11) is 0. The lowest BCUT2D eigenvalue weighted by Gasteiger charge is -2.22. The van der Waals surface area contributed by atoms with Crippen molar-refractivity contribution in [3.8, 4) is 11.1 Å². The zero-order chi connectivity index (χ0) is 28.4. The first kappa shape index (κ1) is 27.7. The van der Waals surface area contributed by atoms with Crippen LogP contribution >= 0.6 is 11.6 Å². The van der Waals surface area contributed by atoms with Crippen molar-refractivity contribution in [3.05, 3.63) is 106 Å². The average Bonchev–Trinajstić information content (AvgIpc) is 3.27. The van der Waals surface area contributed by atoms with Gasteiger partial charge in [0.2, 0.25) is 5.91 Å². The number of benzene rings is 2. The van der Waals surface area contributed by atoms with E-state index in [1.807, 2.05) is 0 Å². The lowest BCUT2D eigenvalue weighted by molar-refractivity contribution is -0.142. The molecule has 1 atom stereocenters. The van der Waals surface area contributed by atoms with Crippen LogP contribution in [0.15, 0.2) is 60.8 Å². The van der Waals surface area contributed by atoms with E-state index in [-0.39, 0.29) is 42.9 Å². The highest BCUT2D eigenvalue weighted by Crippen LogP contribution is 2.35. The highest BCUT2D eigenvalue weighted by Gasteiger charge is 2.40. The van der Waals surface area contributed by atoms with Gasteiger partial charge in [0.25, 0.3) is 0 Å². The van der Waals surface area contributed by atoms with Crippen LogP contribution in [0.3, 0.4) is 0 Å². The number of nitrogens with one attached hydrogen (secondary N) is 1. The van der Waals surface area contributed by atoms with Crippen LogP contribution in [0.1, 0.15) is 34.3 Å². The van der Waals surface area contributed by atoms with Gasteiger partial charge in [0.05, 0.1) is 30.6 Å². The van der Waals surface area contributed by atoms with E-state index in [1.165, 1.54) is 6.20 Å². The van der Waals surface area contributed by atoms with Gasteiger partial charge in [-0.3, -0.25) is 14.5 Å². The first-order chi connectivity index (χ1) is 19.1. The Morgan fingerprint density at radius 3 is 2.52 bits per heavy atom. The van der Waals surface area contributed by atoms with E-state index in [1.54, 1.807) is 36.4 Å². The first-order valence-corrected chi connectivity index (χ1v) is 12.6. The lowest BCUT2D eigenvalue weighted by atomic mass is 9.95. The summed E-state index contributed by atoms with van der Waals surface area (Å²) >= 11 is 6.03. The van der Waals surface area contributed by atoms with Crippen molar-refractivity contribution in [2.45, 2.75) is 38.2 Å². The summed E-state index contributed by atoms with van der Waals surface area (Å²) in [4.78, 5) is 17.7. The van der Waals surface area contributed by atoms with Crippen LogP contribution in [0.2, 0.25) is 5.02 Å². The van der Waals surface area contributed by atoms with Crippen molar-refractivity contribution in [2.24, 2.45) is 0 Å². The molecule has 6 nitrogen and oxygen atoms in total. The van der Waals surface area contributed by atoms with Crippen molar-refractivity contribution in [1.29, 1.82) is 0 Å². The summed E-state index contributed by atoms with van der Waals surface area (Å²) < 4.78 is 75.1. The van der Waals surface area contributed by atoms with E-state index in [0.717, 1.165) is 28.4 Å². The summed E-state index contributed by atoms with van der Waals surface area (Å²) in [5.41, 5.74) is 1.14. The number of rotatable bonds is 7. The number of carbonyl (C=O) groups excluding carboxylic acids is 1. The van der Waals surface area contributed by atoms with Crippen LogP contribution < -0.4 is 5.32 Å². The van der Waals surface area contributed by atoms with Gasteiger partial charge in [-0.15, -0.1) is 0 Å². The van der Waals surface area contributed by atoms with Crippen molar-refractivity contribution in [3.63, 3.8) is 0 Å². The third-order valence-corrected chi connectivity index (χ3v) is 6.74. The molecule has 0 aliphatic carbocycles. The minimum atomic E-state index is -4.69. The number of fused-ring (bicyclic) bond motifs is 1. The molecule has 0 bridgehead atoms. The SMILES string of the molecule is O=C(Cn1nc(C(F)(F)F)c2c1COCC2)N[C@@H](Cc1cc(F)cc(F)c1)c1ncccc1-c1ccc(Cl)cc1. The second-order valence-electron chi connectivity index (χ2n) is 9.28. The molecule has 40 heavy (non-hydrogen) atoms. The molecule has 2 aromatic carbocycles. The van der Waals surface area contributed by atoms with Gasteiger partial charge in [-0.25, -0.2) is 8.78 Å². The standard InChI is InChI=1S/C28H22ClF5N4O2/c29-18-5-3-17(4-6-18)21-2-1-8-35-26(21)23(12-16-10-19(30)13-20(31)11-16)36-25(39)14-38-24-15-40-9-7-22(24)27(37-38)28(32,33)34/h1-6,8,10-11,13,23H,7,9,12,14-15H2,(H,36,39)/t23-/m0/s1. The van der Waals surface area contributed by atoms with E-state index < -0.39 is 42.0 Å². The molecule has 0 spiro atoms. The van der Waals surface area contributed by atoms with Crippen molar-refractivity contribution in [1.82, 2.24) is 20.1 Å². The monoisotopic (exact) mass is 576 g/mol. The number of hydrogen-bond donors (Lipinski definition) is 1. The smallest absolute Gasteiger partial charge is 0.375 e. The Morgan fingerprint density at radius 2 is 1.82 bits per heavy atom. The molecule has 12 heteroatoms. The molecule has 1 N–H and O–H groups in total. The quantitative estimate of drug-likeness (QED) is 0.271. The van der Waals surface area contributed by atoms with Gasteiger partial charge in [-0.1, -0.05) is 29.8 Å². The van der Waals surface area contributed by atoms with Crippen molar-refractivity contribution < 1.29 is 31.5 Å². The van der Waals surface area contributed by atoms with Gasteiger partial charge in [-0.2, -0.15) is 18.3 Å². The molecule has 0 radical (unpaired) electrons. The molecule has 1 amide bonds. The third-order valence-electron chi connectivity index (χ3n) is 6.48. The van der Waals surface area contributed by atoms with Crippen molar-refractivity contribution >= 4 is 17.5 Å². The number of halogens is 6. The Morgan fingerprint density at radius 1 is 1.10 bits per heavy atom. The van der Waals surface area contributed by atoms with E-state index in [4.69, 9.17) is 16.3 Å². The van der Waals surface area contributed by atoms with E-state index in [0.29, 0.717) is 16.3 Å². The van der Waals surface area contributed by atoms with Crippen molar-refractivity contribution in [2.75, 3.05) is 6.61 Å². The van der Waals surface area contributed by atoms with Crippen LogP contribution in [0.4, 0.5) is 22.0 Å². The number of pyridine rings is 1. The minimum Gasteiger partial charge on any atom is -0.375 e. The highest BCUT2D eigenvalue weighted by molar-refractivity contribution is 6.30. The maximum absolute atomic E-state index is 14.0. The van der Waals surface area contributed by atoms with Gasteiger partial charge in [0, 0.05) is 28.4 Å². The van der Waals surface area contributed by atoms with Gasteiger partial charge in [-0.05, 0) is 54.3 Å². The van der Waals surface area contributed by atoms with Gasteiger partial charge in [0.1, 0.15) is 18.2 Å². The van der Waals surface area contributed by atoms with Crippen LogP contribution in [0.25, 0.3) is 11.1 Å². The van der Waals surface area contributed by atoms with Crippen LogP contribution in [-0.2, 0) is 41.7 Å². The Bertz CT molecular complexity index is 1520. The largest absolute Gasteiger partial charge is 0.435 e. The van der Waals surface area contributed by atoms with E-state index >= 15 is 0 Å². The zero-order valence-corrected chi connectivity index (χ0v) is 21.6. The fourth-order valence-electron chi connectivity index (χ4n) is 4.79. The Labute approximate surface area is 230 Å². The predicted molar refractivity (Wildman–Crippen MR) is 136 cm³/mol. The average molecular weight is 577 g/mol. The highest BCUT2D eigenvalue weighted by atomic mass is 35.5. The lowest BCUT2D eigenvalue weighted by Crippen LogP contribution is -2.34. The van der Waals surface area contributed by atoms with E-state index in [9.17, 15) is 26.7 Å². The number of ether oxygens (including phenoxy) is 1. The van der Waals surface area contributed by atoms with Gasteiger partial charge in [0.15, 0.2) is 5.69 Å².